The fourth-order valence-corrected chi connectivity index (χ4v) is 5.10. The highest BCUT2D eigenvalue weighted by Crippen LogP contribution is 2.34. The minimum Gasteiger partial charge on any atom is -0.494 e. The second-order valence-electron chi connectivity index (χ2n) is 9.37. The molecule has 3 aromatic carbocycles. The van der Waals surface area contributed by atoms with E-state index in [1.807, 2.05) is 35.2 Å². The van der Waals surface area contributed by atoms with Gasteiger partial charge in [0.2, 0.25) is 5.91 Å². The van der Waals surface area contributed by atoms with Gasteiger partial charge in [-0.1, -0.05) is 29.8 Å². The van der Waals surface area contributed by atoms with Crippen molar-refractivity contribution in [2.24, 2.45) is 0 Å². The second-order valence-corrected chi connectivity index (χ2v) is 9.81. The van der Waals surface area contributed by atoms with Crippen molar-refractivity contribution in [1.82, 2.24) is 9.55 Å². The fraction of sp³-hybridized carbons (Fsp3) is 0.310. The van der Waals surface area contributed by atoms with E-state index in [-0.39, 0.29) is 11.8 Å². The number of unbranched alkanes of at least 4 members (excludes halogenated alkanes) is 1. The summed E-state index contributed by atoms with van der Waals surface area (Å²) in [7, 11) is 0. The average molecular weight is 488 g/mol. The molecule has 5 rings (SSSR count). The van der Waals surface area contributed by atoms with Gasteiger partial charge in [0, 0.05) is 36.1 Å². The van der Waals surface area contributed by atoms with Crippen molar-refractivity contribution in [3.63, 3.8) is 0 Å². The normalized spacial score (nSPS) is 15.8. The van der Waals surface area contributed by atoms with Crippen LogP contribution in [-0.2, 0) is 11.3 Å². The summed E-state index contributed by atoms with van der Waals surface area (Å²) in [5, 5.41) is 0.707. The van der Waals surface area contributed by atoms with Crippen LogP contribution in [0.3, 0.4) is 0 Å². The number of benzene rings is 3. The molecule has 0 aliphatic carbocycles. The molecule has 1 amide bonds. The smallest absolute Gasteiger partial charge is 0.227 e. The van der Waals surface area contributed by atoms with Crippen molar-refractivity contribution in [3.05, 3.63) is 88.7 Å². The summed E-state index contributed by atoms with van der Waals surface area (Å²) in [4.78, 5) is 19.9. The zero-order valence-corrected chi connectivity index (χ0v) is 21.0. The first-order chi connectivity index (χ1) is 17.0. The Labute approximate surface area is 211 Å². The highest BCUT2D eigenvalue weighted by molar-refractivity contribution is 6.30. The molecular weight excluding hydrogens is 458 g/mol. The van der Waals surface area contributed by atoms with E-state index in [2.05, 4.69) is 54.8 Å². The lowest BCUT2D eigenvalue weighted by atomic mass is 10.1. The third kappa shape index (κ3) is 5.20. The Morgan fingerprint density at radius 3 is 2.51 bits per heavy atom. The van der Waals surface area contributed by atoms with Crippen LogP contribution >= 0.6 is 11.6 Å². The maximum Gasteiger partial charge on any atom is 0.227 e. The lowest BCUT2D eigenvalue weighted by Crippen LogP contribution is -2.24. The van der Waals surface area contributed by atoms with Gasteiger partial charge in [0.05, 0.1) is 17.6 Å². The predicted molar refractivity (Wildman–Crippen MR) is 142 cm³/mol. The SMILES string of the molecule is Cc1cc(C)cc(N2CC(c3nc4ccccc4n3CCCCOc3ccc(Cl)cc3)CC2=O)c1. The fourth-order valence-electron chi connectivity index (χ4n) is 4.97. The zero-order valence-electron chi connectivity index (χ0n) is 20.2. The van der Waals surface area contributed by atoms with Crippen molar-refractivity contribution >= 4 is 34.2 Å². The van der Waals surface area contributed by atoms with E-state index in [9.17, 15) is 4.79 Å². The van der Waals surface area contributed by atoms with Crippen molar-refractivity contribution in [1.29, 1.82) is 0 Å². The number of anilines is 1. The van der Waals surface area contributed by atoms with Crippen LogP contribution in [0.25, 0.3) is 11.0 Å². The molecule has 0 radical (unpaired) electrons. The van der Waals surface area contributed by atoms with Gasteiger partial charge in [-0.15, -0.1) is 0 Å². The number of hydrogen-bond acceptors (Lipinski definition) is 3. The zero-order chi connectivity index (χ0) is 24.4. The van der Waals surface area contributed by atoms with Gasteiger partial charge >= 0.3 is 0 Å². The number of ether oxygens (including phenoxy) is 1. The van der Waals surface area contributed by atoms with E-state index < -0.39 is 0 Å². The molecule has 2 heterocycles. The molecule has 6 heteroatoms. The van der Waals surface area contributed by atoms with Crippen molar-refractivity contribution in [3.8, 4) is 5.75 Å². The molecule has 1 fully saturated rings. The molecule has 1 atom stereocenters. The number of halogens is 1. The molecule has 0 saturated carbocycles. The van der Waals surface area contributed by atoms with Gasteiger partial charge in [0.1, 0.15) is 11.6 Å². The van der Waals surface area contributed by atoms with Gasteiger partial charge in [-0.05, 0) is 86.3 Å². The van der Waals surface area contributed by atoms with E-state index in [0.717, 1.165) is 47.7 Å². The van der Waals surface area contributed by atoms with Crippen LogP contribution in [0, 0.1) is 13.8 Å². The van der Waals surface area contributed by atoms with E-state index in [4.69, 9.17) is 21.3 Å². The molecule has 1 saturated heterocycles. The third-order valence-corrected chi connectivity index (χ3v) is 6.80. The summed E-state index contributed by atoms with van der Waals surface area (Å²) >= 11 is 5.95. The molecule has 35 heavy (non-hydrogen) atoms. The number of nitrogens with zero attached hydrogens (tertiary/aromatic N) is 3. The quantitative estimate of drug-likeness (QED) is 0.260. The van der Waals surface area contributed by atoms with Gasteiger partial charge in [0.15, 0.2) is 0 Å². The first kappa shape index (κ1) is 23.4. The number of rotatable bonds is 8. The molecule has 1 aromatic heterocycles. The lowest BCUT2D eigenvalue weighted by molar-refractivity contribution is -0.117. The molecule has 0 spiro atoms. The summed E-state index contributed by atoms with van der Waals surface area (Å²) < 4.78 is 8.17. The largest absolute Gasteiger partial charge is 0.494 e. The highest BCUT2D eigenvalue weighted by Gasteiger charge is 2.34. The Balaban J connectivity index is 1.30. The number of amides is 1. The van der Waals surface area contributed by atoms with Crippen LogP contribution < -0.4 is 9.64 Å². The number of carbonyl (C=O) groups excluding carboxylic acids is 1. The molecule has 1 aliphatic rings. The Morgan fingerprint density at radius 2 is 1.74 bits per heavy atom. The number of para-hydroxylation sites is 2. The van der Waals surface area contributed by atoms with Gasteiger partial charge in [-0.25, -0.2) is 4.98 Å². The molecule has 0 bridgehead atoms. The first-order valence-corrected chi connectivity index (χ1v) is 12.6. The van der Waals surface area contributed by atoms with Crippen LogP contribution in [0.15, 0.2) is 66.7 Å². The van der Waals surface area contributed by atoms with Gasteiger partial charge < -0.3 is 14.2 Å². The van der Waals surface area contributed by atoms with Gasteiger partial charge in [-0.3, -0.25) is 4.79 Å². The molecule has 0 N–H and O–H groups in total. The van der Waals surface area contributed by atoms with E-state index in [1.165, 1.54) is 11.1 Å². The molecule has 1 aliphatic heterocycles. The van der Waals surface area contributed by atoms with Gasteiger partial charge in [0.25, 0.3) is 0 Å². The number of imidazole rings is 1. The predicted octanol–water partition coefficient (Wildman–Crippen LogP) is 6.69. The summed E-state index contributed by atoms with van der Waals surface area (Å²) in [5.74, 6) is 2.07. The minimum absolute atomic E-state index is 0.0704. The monoisotopic (exact) mass is 487 g/mol. The van der Waals surface area contributed by atoms with Gasteiger partial charge in [-0.2, -0.15) is 0 Å². The summed E-state index contributed by atoms with van der Waals surface area (Å²) in [6, 6.07) is 22.0. The second kappa shape index (κ2) is 10.1. The summed E-state index contributed by atoms with van der Waals surface area (Å²) in [6.07, 6.45) is 2.37. The van der Waals surface area contributed by atoms with E-state index in [1.54, 1.807) is 0 Å². The molecule has 5 nitrogen and oxygen atoms in total. The van der Waals surface area contributed by atoms with E-state index >= 15 is 0 Å². The molecule has 180 valence electrons. The standard InChI is InChI=1S/C29H30ClN3O2/c1-20-15-21(2)17-24(16-20)33-19-22(18-28(33)34)29-31-26-7-3-4-8-27(26)32(29)13-5-6-14-35-25-11-9-23(30)10-12-25/h3-4,7-12,15-17,22H,5-6,13-14,18-19H2,1-2H3. The van der Waals surface area contributed by atoms with Crippen LogP contribution in [0.4, 0.5) is 5.69 Å². The van der Waals surface area contributed by atoms with Crippen molar-refractivity contribution in [2.75, 3.05) is 18.1 Å². The van der Waals surface area contributed by atoms with Crippen LogP contribution in [0.1, 0.15) is 42.1 Å². The number of fused-ring (bicyclic) bond motifs is 1. The maximum absolute atomic E-state index is 13.0. The van der Waals surface area contributed by atoms with Crippen LogP contribution in [0.2, 0.25) is 5.02 Å². The number of aromatic nitrogens is 2. The van der Waals surface area contributed by atoms with Crippen molar-refractivity contribution in [2.45, 2.75) is 45.6 Å². The number of hydrogen-bond donors (Lipinski definition) is 0. The number of aryl methyl sites for hydroxylation is 3. The molecular formula is C29H30ClN3O2. The number of carbonyl (C=O) groups is 1. The Bertz CT molecular complexity index is 1330. The molecule has 4 aromatic rings. The van der Waals surface area contributed by atoms with Crippen LogP contribution in [0.5, 0.6) is 5.75 Å². The molecule has 1 unspecified atom stereocenters. The minimum atomic E-state index is 0.0704. The maximum atomic E-state index is 13.0. The topological polar surface area (TPSA) is 47.4 Å². The Hall–Kier alpha value is -3.31. The summed E-state index contributed by atoms with van der Waals surface area (Å²) in [6.45, 7) is 6.29. The first-order valence-electron chi connectivity index (χ1n) is 12.2. The highest BCUT2D eigenvalue weighted by atomic mass is 35.5. The average Bonchev–Trinajstić information content (AvgIpc) is 3.40. The Kier molecular flexibility index (Phi) is 6.78. The Morgan fingerprint density at radius 1 is 1.00 bits per heavy atom. The lowest BCUT2D eigenvalue weighted by Gasteiger charge is -2.19. The van der Waals surface area contributed by atoms with Crippen molar-refractivity contribution < 1.29 is 9.53 Å². The van der Waals surface area contributed by atoms with Crippen LogP contribution in [-0.4, -0.2) is 28.6 Å². The summed E-state index contributed by atoms with van der Waals surface area (Å²) in [5.41, 5.74) is 5.43. The third-order valence-electron chi connectivity index (χ3n) is 6.55. The van der Waals surface area contributed by atoms with E-state index in [0.29, 0.717) is 24.6 Å².